The lowest BCUT2D eigenvalue weighted by atomic mass is 10.0. The second-order valence-corrected chi connectivity index (χ2v) is 5.52. The number of ether oxygens (including phenoxy) is 1. The van der Waals surface area contributed by atoms with E-state index in [2.05, 4.69) is 0 Å². The fourth-order valence-corrected chi connectivity index (χ4v) is 2.46. The lowest BCUT2D eigenvalue weighted by Gasteiger charge is -2.20. The zero-order valence-electron chi connectivity index (χ0n) is 13.6. The predicted molar refractivity (Wildman–Crippen MR) is 85.5 cm³/mol. The molecule has 1 aromatic heterocycles. The summed E-state index contributed by atoms with van der Waals surface area (Å²) in [6, 6.07) is 3.92. The standard InChI is InChI=1S/C17H21NO5/c1-11-4-5-14-13(10-23-17(14)12(11)2)8-15(19)18(6-7-22-3)9-16(20)21/h4-5,10H,6-9H2,1-3H3,(H,20,21). The Kier molecular flexibility index (Phi) is 5.39. The Hall–Kier alpha value is -2.34. The van der Waals surface area contributed by atoms with Gasteiger partial charge in [0.15, 0.2) is 0 Å². The normalized spacial score (nSPS) is 10.9. The van der Waals surface area contributed by atoms with Crippen LogP contribution in [0.3, 0.4) is 0 Å². The van der Waals surface area contributed by atoms with Gasteiger partial charge in [-0.3, -0.25) is 9.59 Å². The van der Waals surface area contributed by atoms with Crippen molar-refractivity contribution in [2.24, 2.45) is 0 Å². The summed E-state index contributed by atoms with van der Waals surface area (Å²) in [7, 11) is 1.51. The van der Waals surface area contributed by atoms with E-state index in [0.717, 1.165) is 27.7 Å². The molecule has 2 rings (SSSR count). The molecule has 0 aliphatic rings. The maximum absolute atomic E-state index is 12.4. The highest BCUT2D eigenvalue weighted by molar-refractivity contribution is 5.90. The Labute approximate surface area is 134 Å². The number of amides is 1. The molecule has 0 aliphatic heterocycles. The van der Waals surface area contributed by atoms with Crippen molar-refractivity contribution >= 4 is 22.8 Å². The van der Waals surface area contributed by atoms with E-state index in [4.69, 9.17) is 14.3 Å². The van der Waals surface area contributed by atoms with Crippen LogP contribution in [-0.4, -0.2) is 48.7 Å². The van der Waals surface area contributed by atoms with Crippen LogP contribution in [0.5, 0.6) is 0 Å². The van der Waals surface area contributed by atoms with E-state index in [0.29, 0.717) is 6.61 Å². The number of rotatable bonds is 7. The van der Waals surface area contributed by atoms with Crippen LogP contribution in [0.25, 0.3) is 11.0 Å². The van der Waals surface area contributed by atoms with Gasteiger partial charge in [0, 0.05) is 24.6 Å². The zero-order valence-corrected chi connectivity index (χ0v) is 13.6. The third-order valence-electron chi connectivity index (χ3n) is 3.93. The zero-order chi connectivity index (χ0) is 17.0. The molecule has 1 N–H and O–H groups in total. The minimum atomic E-state index is -1.04. The van der Waals surface area contributed by atoms with Crippen LogP contribution in [0.15, 0.2) is 22.8 Å². The first-order chi connectivity index (χ1) is 10.9. The Bertz CT molecular complexity index is 719. The number of benzene rings is 1. The highest BCUT2D eigenvalue weighted by Crippen LogP contribution is 2.27. The quantitative estimate of drug-likeness (QED) is 0.846. The van der Waals surface area contributed by atoms with E-state index >= 15 is 0 Å². The summed E-state index contributed by atoms with van der Waals surface area (Å²) in [5.74, 6) is -1.30. The van der Waals surface area contributed by atoms with Crippen molar-refractivity contribution in [2.75, 3.05) is 26.8 Å². The molecule has 0 saturated carbocycles. The van der Waals surface area contributed by atoms with Crippen LogP contribution in [0.4, 0.5) is 0 Å². The molecule has 1 heterocycles. The molecule has 2 aromatic rings. The second kappa shape index (κ2) is 7.28. The first kappa shape index (κ1) is 17.0. The van der Waals surface area contributed by atoms with E-state index in [-0.39, 0.29) is 25.4 Å². The third kappa shape index (κ3) is 3.90. The predicted octanol–water partition coefficient (Wildman–Crippen LogP) is 2.15. The molecular formula is C17H21NO5. The average Bonchev–Trinajstić information content (AvgIpc) is 2.90. The van der Waals surface area contributed by atoms with Crippen molar-refractivity contribution in [2.45, 2.75) is 20.3 Å². The molecule has 6 nitrogen and oxygen atoms in total. The molecule has 0 fully saturated rings. The average molecular weight is 319 g/mol. The van der Waals surface area contributed by atoms with Crippen LogP contribution in [0, 0.1) is 13.8 Å². The number of hydrogen-bond donors (Lipinski definition) is 1. The monoisotopic (exact) mass is 319 g/mol. The van der Waals surface area contributed by atoms with Gasteiger partial charge in [0.2, 0.25) is 5.91 Å². The fraction of sp³-hybridized carbons (Fsp3) is 0.412. The molecule has 1 aromatic carbocycles. The van der Waals surface area contributed by atoms with E-state index in [1.54, 1.807) is 6.26 Å². The number of carboxylic acid groups (broad SMARTS) is 1. The molecule has 0 aliphatic carbocycles. The molecule has 0 spiro atoms. The van der Waals surface area contributed by atoms with Gasteiger partial charge in [-0.2, -0.15) is 0 Å². The number of carbonyl (C=O) groups excluding carboxylic acids is 1. The molecule has 1 amide bonds. The Morgan fingerprint density at radius 3 is 2.70 bits per heavy atom. The van der Waals surface area contributed by atoms with Crippen molar-refractivity contribution in [1.29, 1.82) is 0 Å². The smallest absolute Gasteiger partial charge is 0.323 e. The summed E-state index contributed by atoms with van der Waals surface area (Å²) >= 11 is 0. The van der Waals surface area contributed by atoms with Gasteiger partial charge >= 0.3 is 5.97 Å². The second-order valence-electron chi connectivity index (χ2n) is 5.52. The van der Waals surface area contributed by atoms with E-state index in [9.17, 15) is 9.59 Å². The highest BCUT2D eigenvalue weighted by atomic mass is 16.5. The van der Waals surface area contributed by atoms with Gasteiger partial charge in [-0.05, 0) is 25.0 Å². The Morgan fingerprint density at radius 1 is 1.30 bits per heavy atom. The summed E-state index contributed by atoms with van der Waals surface area (Å²) in [6.07, 6.45) is 1.68. The van der Waals surface area contributed by atoms with Crippen LogP contribution in [0.1, 0.15) is 16.7 Å². The summed E-state index contributed by atoms with van der Waals surface area (Å²) in [5, 5.41) is 9.84. The van der Waals surface area contributed by atoms with Gasteiger partial charge in [0.25, 0.3) is 0 Å². The van der Waals surface area contributed by atoms with Gasteiger partial charge in [0.05, 0.1) is 19.3 Å². The number of methoxy groups -OCH3 is 1. The minimum absolute atomic E-state index is 0.104. The van der Waals surface area contributed by atoms with E-state index < -0.39 is 5.97 Å². The number of aryl methyl sites for hydroxylation is 2. The molecule has 0 bridgehead atoms. The Morgan fingerprint density at radius 2 is 2.04 bits per heavy atom. The van der Waals surface area contributed by atoms with Crippen molar-refractivity contribution in [3.8, 4) is 0 Å². The molecule has 0 unspecified atom stereocenters. The Balaban J connectivity index is 2.21. The third-order valence-corrected chi connectivity index (χ3v) is 3.93. The van der Waals surface area contributed by atoms with Crippen LogP contribution >= 0.6 is 0 Å². The van der Waals surface area contributed by atoms with Crippen molar-refractivity contribution in [1.82, 2.24) is 4.90 Å². The molecule has 6 heteroatoms. The van der Waals surface area contributed by atoms with E-state index in [1.807, 2.05) is 26.0 Å². The lowest BCUT2D eigenvalue weighted by molar-refractivity contribution is -0.144. The van der Waals surface area contributed by atoms with Gasteiger partial charge in [-0.25, -0.2) is 0 Å². The van der Waals surface area contributed by atoms with Crippen LogP contribution in [0.2, 0.25) is 0 Å². The molecule has 0 radical (unpaired) electrons. The molecule has 0 saturated heterocycles. The maximum Gasteiger partial charge on any atom is 0.323 e. The number of fused-ring (bicyclic) bond motifs is 1. The summed E-state index contributed by atoms with van der Waals surface area (Å²) in [4.78, 5) is 24.6. The van der Waals surface area contributed by atoms with Crippen molar-refractivity contribution in [3.63, 3.8) is 0 Å². The van der Waals surface area contributed by atoms with Gasteiger partial charge < -0.3 is 19.2 Å². The summed E-state index contributed by atoms with van der Waals surface area (Å²) in [6.45, 7) is 4.18. The van der Waals surface area contributed by atoms with Crippen molar-refractivity contribution in [3.05, 3.63) is 35.1 Å². The lowest BCUT2D eigenvalue weighted by Crippen LogP contribution is -2.38. The van der Waals surface area contributed by atoms with Gasteiger partial charge in [-0.1, -0.05) is 12.1 Å². The number of furan rings is 1. The molecular weight excluding hydrogens is 298 g/mol. The number of nitrogens with zero attached hydrogens (tertiary/aromatic N) is 1. The highest BCUT2D eigenvalue weighted by Gasteiger charge is 2.19. The van der Waals surface area contributed by atoms with E-state index in [1.165, 1.54) is 12.0 Å². The topological polar surface area (TPSA) is 80.0 Å². The summed E-state index contributed by atoms with van der Waals surface area (Å²) in [5.41, 5.74) is 3.70. The number of carbonyl (C=O) groups is 2. The number of aliphatic carboxylic acids is 1. The van der Waals surface area contributed by atoms with Gasteiger partial charge in [-0.15, -0.1) is 0 Å². The maximum atomic E-state index is 12.4. The number of hydrogen-bond acceptors (Lipinski definition) is 4. The molecule has 0 atom stereocenters. The van der Waals surface area contributed by atoms with Crippen molar-refractivity contribution < 1.29 is 23.8 Å². The molecule has 124 valence electrons. The van der Waals surface area contributed by atoms with Gasteiger partial charge in [0.1, 0.15) is 12.1 Å². The van der Waals surface area contributed by atoms with Crippen LogP contribution < -0.4 is 0 Å². The summed E-state index contributed by atoms with van der Waals surface area (Å²) < 4.78 is 10.5. The fourth-order valence-electron chi connectivity index (χ4n) is 2.46. The largest absolute Gasteiger partial charge is 0.480 e. The number of carboxylic acids is 1. The first-order valence-corrected chi connectivity index (χ1v) is 7.38. The SMILES string of the molecule is COCCN(CC(=O)O)C(=O)Cc1coc2c(C)c(C)ccc12. The first-order valence-electron chi connectivity index (χ1n) is 7.38. The van der Waals surface area contributed by atoms with Crippen LogP contribution in [-0.2, 0) is 20.7 Å². The molecule has 23 heavy (non-hydrogen) atoms. The minimum Gasteiger partial charge on any atom is -0.480 e.